The van der Waals surface area contributed by atoms with Gasteiger partial charge in [-0.25, -0.2) is 9.59 Å². The topological polar surface area (TPSA) is 198 Å². The maximum atomic E-state index is 11.8. The van der Waals surface area contributed by atoms with Gasteiger partial charge in [-0.3, -0.25) is 23.8 Å². The Labute approximate surface area is 199 Å². The number of methoxy groups -OCH3 is 1. The molecule has 4 rings (SSSR count). The molecule has 188 valence electrons. The Balaban J connectivity index is 0.000000231. The summed E-state index contributed by atoms with van der Waals surface area (Å²) in [4.78, 5) is 58.6. The minimum atomic E-state index is -1.44. The van der Waals surface area contributed by atoms with E-state index in [-0.39, 0.29) is 33.5 Å². The van der Waals surface area contributed by atoms with Gasteiger partial charge >= 0.3 is 11.3 Å². The zero-order valence-electron chi connectivity index (χ0n) is 19.6. The molecule has 0 spiro atoms. The van der Waals surface area contributed by atoms with Crippen molar-refractivity contribution >= 4 is 33.0 Å². The second-order valence-electron chi connectivity index (χ2n) is 6.65. The first-order valence-electron chi connectivity index (χ1n) is 10.1. The molecule has 0 saturated heterocycles. The molecule has 0 aliphatic heterocycles. The van der Waals surface area contributed by atoms with Gasteiger partial charge in [-0.15, -0.1) is 0 Å². The van der Waals surface area contributed by atoms with E-state index in [1.165, 1.54) is 25.5 Å². The molecule has 0 fully saturated rings. The van der Waals surface area contributed by atoms with Crippen molar-refractivity contribution < 1.29 is 22.9 Å². The Bertz CT molecular complexity index is 1600. The summed E-state index contributed by atoms with van der Waals surface area (Å²) in [5.41, 5.74) is -0.789. The SMILES string of the molecule is CCc1cc(=O)oc2nc(OC)[nH]c(=O)c12.CCc1cc(=O)oc2nc(S(C)=O)[nH]c(=O)c12.CO. The summed E-state index contributed by atoms with van der Waals surface area (Å²) < 4.78 is 25.7. The number of hydrogen-bond donors (Lipinski definition) is 3. The molecule has 4 heterocycles. The number of nitrogens with zero attached hydrogens (tertiary/aromatic N) is 2. The van der Waals surface area contributed by atoms with Gasteiger partial charge in [0.05, 0.1) is 17.9 Å². The maximum Gasteiger partial charge on any atom is 0.337 e. The lowest BCUT2D eigenvalue weighted by molar-refractivity contribution is 0.376. The molecule has 0 bridgehead atoms. The highest BCUT2D eigenvalue weighted by Gasteiger charge is 2.13. The second-order valence-corrected chi connectivity index (χ2v) is 7.94. The quantitative estimate of drug-likeness (QED) is 0.319. The smallest absolute Gasteiger partial charge is 0.337 e. The molecule has 1 unspecified atom stereocenters. The van der Waals surface area contributed by atoms with Crippen LogP contribution in [-0.2, 0) is 23.6 Å². The average Bonchev–Trinajstić information content (AvgIpc) is 2.83. The molecule has 35 heavy (non-hydrogen) atoms. The van der Waals surface area contributed by atoms with Crippen LogP contribution in [0.3, 0.4) is 0 Å². The summed E-state index contributed by atoms with van der Waals surface area (Å²) in [6.07, 6.45) is 2.45. The average molecular weight is 509 g/mol. The minimum absolute atomic E-state index is 0.00102. The molecule has 14 heteroatoms. The fraction of sp³-hybridized carbons (Fsp3) is 0.333. The third-order valence-electron chi connectivity index (χ3n) is 4.58. The number of aryl methyl sites for hydroxylation is 2. The number of aliphatic hydroxyl groups is 1. The summed E-state index contributed by atoms with van der Waals surface area (Å²) >= 11 is 0. The van der Waals surface area contributed by atoms with Gasteiger partial charge < -0.3 is 18.7 Å². The van der Waals surface area contributed by atoms with Crippen molar-refractivity contribution in [3.63, 3.8) is 0 Å². The van der Waals surface area contributed by atoms with Gasteiger partial charge in [0.2, 0.25) is 16.6 Å². The Morgan fingerprint density at radius 2 is 1.34 bits per heavy atom. The van der Waals surface area contributed by atoms with E-state index >= 15 is 0 Å². The Morgan fingerprint density at radius 1 is 0.886 bits per heavy atom. The number of fused-ring (bicyclic) bond motifs is 2. The molecule has 0 saturated carbocycles. The number of hydrogen-bond acceptors (Lipinski definition) is 11. The highest BCUT2D eigenvalue weighted by molar-refractivity contribution is 7.84. The van der Waals surface area contributed by atoms with Crippen molar-refractivity contribution in [1.29, 1.82) is 0 Å². The normalized spacial score (nSPS) is 11.3. The third-order valence-corrected chi connectivity index (χ3v) is 5.32. The van der Waals surface area contributed by atoms with E-state index in [2.05, 4.69) is 19.9 Å². The van der Waals surface area contributed by atoms with Crippen LogP contribution in [0.25, 0.3) is 22.2 Å². The lowest BCUT2D eigenvalue weighted by atomic mass is 10.1. The van der Waals surface area contributed by atoms with Crippen LogP contribution >= 0.6 is 0 Å². The largest absolute Gasteiger partial charge is 0.468 e. The lowest BCUT2D eigenvalue weighted by Crippen LogP contribution is -2.16. The molecule has 0 aliphatic carbocycles. The molecule has 4 aromatic heterocycles. The van der Waals surface area contributed by atoms with Crippen LogP contribution < -0.4 is 27.1 Å². The standard InChI is InChI=1S/C10H10N2O4S.C10H10N2O4.CH4O/c1-3-5-4-6(13)16-9-7(5)8(14)11-10(12-9)17(2)15;1-3-5-4-6(13)16-9-7(5)8(14)11-10(12-9)15-2;1-2/h4H,3H2,1-2H3,(H,11,12,14);4H,3H2,1-2H3,(H,11,12,14);2H,1H3. The van der Waals surface area contributed by atoms with E-state index in [9.17, 15) is 23.4 Å². The molecule has 0 aliphatic rings. The number of nitrogens with one attached hydrogen (secondary N) is 2. The summed E-state index contributed by atoms with van der Waals surface area (Å²) in [5, 5.41) is 7.53. The summed E-state index contributed by atoms with van der Waals surface area (Å²) in [7, 11) is 0.928. The van der Waals surface area contributed by atoms with Crippen LogP contribution in [0.2, 0.25) is 0 Å². The van der Waals surface area contributed by atoms with E-state index in [0.29, 0.717) is 29.4 Å². The van der Waals surface area contributed by atoms with Crippen LogP contribution in [0.1, 0.15) is 25.0 Å². The van der Waals surface area contributed by atoms with Crippen molar-refractivity contribution in [2.45, 2.75) is 31.8 Å². The van der Waals surface area contributed by atoms with Crippen molar-refractivity contribution in [3.8, 4) is 6.01 Å². The fourth-order valence-electron chi connectivity index (χ4n) is 3.05. The Hall–Kier alpha value is -3.91. The highest BCUT2D eigenvalue weighted by Crippen LogP contribution is 2.13. The highest BCUT2D eigenvalue weighted by atomic mass is 32.2. The Morgan fingerprint density at radius 3 is 1.77 bits per heavy atom. The van der Waals surface area contributed by atoms with E-state index in [4.69, 9.17) is 18.7 Å². The number of aliphatic hydroxyl groups excluding tert-OH is 1. The van der Waals surface area contributed by atoms with E-state index < -0.39 is 27.6 Å². The molecule has 0 aromatic carbocycles. The number of H-pyrrole nitrogens is 2. The van der Waals surface area contributed by atoms with Crippen molar-refractivity contribution in [2.75, 3.05) is 20.5 Å². The summed E-state index contributed by atoms with van der Waals surface area (Å²) in [5.74, 6) is 0. The number of aromatic nitrogens is 4. The predicted molar refractivity (Wildman–Crippen MR) is 128 cm³/mol. The number of ether oxygens (including phenoxy) is 1. The van der Waals surface area contributed by atoms with E-state index in [0.717, 1.165) is 7.11 Å². The summed E-state index contributed by atoms with van der Waals surface area (Å²) in [6, 6.07) is 2.59. The molecular weight excluding hydrogens is 484 g/mol. The minimum Gasteiger partial charge on any atom is -0.468 e. The lowest BCUT2D eigenvalue weighted by Gasteiger charge is -2.02. The summed E-state index contributed by atoms with van der Waals surface area (Å²) in [6.45, 7) is 3.66. The van der Waals surface area contributed by atoms with Crippen LogP contribution in [0, 0.1) is 0 Å². The van der Waals surface area contributed by atoms with Gasteiger partial charge in [-0.05, 0) is 24.0 Å². The first kappa shape index (κ1) is 27.3. The number of aromatic amines is 2. The maximum absolute atomic E-state index is 11.8. The van der Waals surface area contributed by atoms with Crippen LogP contribution in [0.4, 0.5) is 0 Å². The van der Waals surface area contributed by atoms with E-state index in [1.807, 2.05) is 13.8 Å². The third kappa shape index (κ3) is 6.16. The molecular formula is C21H24N4O9S. The van der Waals surface area contributed by atoms with Crippen LogP contribution in [0.15, 0.2) is 45.3 Å². The molecule has 0 radical (unpaired) electrons. The van der Waals surface area contributed by atoms with Gasteiger partial charge in [-0.2, -0.15) is 9.97 Å². The van der Waals surface area contributed by atoms with Crippen molar-refractivity contribution in [3.05, 3.63) is 64.8 Å². The van der Waals surface area contributed by atoms with Crippen molar-refractivity contribution in [1.82, 2.24) is 19.9 Å². The number of rotatable bonds is 4. The van der Waals surface area contributed by atoms with Gasteiger partial charge in [0.15, 0.2) is 0 Å². The van der Waals surface area contributed by atoms with Crippen molar-refractivity contribution in [2.24, 2.45) is 0 Å². The zero-order chi connectivity index (χ0) is 26.3. The predicted octanol–water partition coefficient (Wildman–Crippen LogP) is 0.232. The first-order chi connectivity index (χ1) is 16.7. The van der Waals surface area contributed by atoms with Gasteiger partial charge in [0, 0.05) is 25.5 Å². The molecule has 3 N–H and O–H groups in total. The first-order valence-corrected chi connectivity index (χ1v) is 11.7. The second kappa shape index (κ2) is 12.0. The van der Waals surface area contributed by atoms with Gasteiger partial charge in [0.1, 0.15) is 10.8 Å². The molecule has 1 atom stereocenters. The van der Waals surface area contributed by atoms with Crippen LogP contribution in [-0.4, -0.2) is 49.7 Å². The Kier molecular flexibility index (Phi) is 9.36. The van der Waals surface area contributed by atoms with Gasteiger partial charge in [0.25, 0.3) is 17.1 Å². The molecule has 13 nitrogen and oxygen atoms in total. The van der Waals surface area contributed by atoms with Crippen LogP contribution in [0.5, 0.6) is 6.01 Å². The fourth-order valence-corrected chi connectivity index (χ4v) is 3.50. The monoisotopic (exact) mass is 508 g/mol. The van der Waals surface area contributed by atoms with E-state index in [1.54, 1.807) is 0 Å². The molecule has 0 amide bonds. The molecule has 4 aromatic rings. The van der Waals surface area contributed by atoms with Gasteiger partial charge in [-0.1, -0.05) is 13.8 Å². The zero-order valence-corrected chi connectivity index (χ0v) is 20.4.